The van der Waals surface area contributed by atoms with Crippen molar-refractivity contribution in [2.24, 2.45) is 0 Å². The number of ether oxygens (including phenoxy) is 1. The Morgan fingerprint density at radius 1 is 1.27 bits per heavy atom. The molecule has 0 aliphatic carbocycles. The summed E-state index contributed by atoms with van der Waals surface area (Å²) in [5, 5.41) is 7.07. The molecule has 0 aromatic rings. The Balaban J connectivity index is 2.02. The van der Waals surface area contributed by atoms with E-state index in [1.54, 1.807) is 0 Å². The van der Waals surface area contributed by atoms with E-state index < -0.39 is 0 Å². The first-order valence-corrected chi connectivity index (χ1v) is 5.99. The SMILES string of the molecule is CC(C)(C)NCCCNC1(C)CCOC1. The number of hydrogen-bond acceptors (Lipinski definition) is 3. The summed E-state index contributed by atoms with van der Waals surface area (Å²) in [7, 11) is 0. The summed E-state index contributed by atoms with van der Waals surface area (Å²) < 4.78 is 5.39. The van der Waals surface area contributed by atoms with Gasteiger partial charge in [-0.3, -0.25) is 0 Å². The standard InChI is InChI=1S/C12H26N2O/c1-11(2,3)13-7-5-8-14-12(4)6-9-15-10-12/h13-14H,5-10H2,1-4H3. The monoisotopic (exact) mass is 214 g/mol. The molecule has 90 valence electrons. The van der Waals surface area contributed by atoms with Crippen molar-refractivity contribution in [2.75, 3.05) is 26.3 Å². The Morgan fingerprint density at radius 3 is 2.53 bits per heavy atom. The minimum atomic E-state index is 0.224. The Hall–Kier alpha value is -0.120. The lowest BCUT2D eigenvalue weighted by molar-refractivity contribution is 0.171. The van der Waals surface area contributed by atoms with Gasteiger partial charge < -0.3 is 15.4 Å². The maximum Gasteiger partial charge on any atom is 0.0646 e. The zero-order chi connectivity index (χ0) is 11.4. The minimum Gasteiger partial charge on any atom is -0.379 e. The Bertz CT molecular complexity index is 181. The van der Waals surface area contributed by atoms with E-state index in [-0.39, 0.29) is 11.1 Å². The molecule has 1 fully saturated rings. The minimum absolute atomic E-state index is 0.224. The summed E-state index contributed by atoms with van der Waals surface area (Å²) in [6.07, 6.45) is 2.31. The summed E-state index contributed by atoms with van der Waals surface area (Å²) >= 11 is 0. The molecule has 1 saturated heterocycles. The number of rotatable bonds is 5. The van der Waals surface area contributed by atoms with E-state index in [1.807, 2.05) is 0 Å². The highest BCUT2D eigenvalue weighted by atomic mass is 16.5. The van der Waals surface area contributed by atoms with Gasteiger partial charge in [0.1, 0.15) is 0 Å². The highest BCUT2D eigenvalue weighted by Gasteiger charge is 2.28. The lowest BCUT2D eigenvalue weighted by Crippen LogP contribution is -2.44. The second-order valence-corrected chi connectivity index (χ2v) is 5.82. The van der Waals surface area contributed by atoms with Crippen molar-refractivity contribution in [3.63, 3.8) is 0 Å². The van der Waals surface area contributed by atoms with Crippen LogP contribution in [0.3, 0.4) is 0 Å². The second-order valence-electron chi connectivity index (χ2n) is 5.82. The smallest absolute Gasteiger partial charge is 0.0646 e. The Morgan fingerprint density at radius 2 is 2.00 bits per heavy atom. The van der Waals surface area contributed by atoms with Crippen LogP contribution < -0.4 is 10.6 Å². The zero-order valence-electron chi connectivity index (χ0n) is 10.7. The fourth-order valence-electron chi connectivity index (χ4n) is 1.75. The third-order valence-electron chi connectivity index (χ3n) is 2.78. The zero-order valence-corrected chi connectivity index (χ0v) is 10.7. The van der Waals surface area contributed by atoms with Crippen LogP contribution in [0.5, 0.6) is 0 Å². The van der Waals surface area contributed by atoms with E-state index in [1.165, 1.54) is 6.42 Å². The van der Waals surface area contributed by atoms with Crippen LogP contribution in [-0.2, 0) is 4.74 Å². The van der Waals surface area contributed by atoms with E-state index in [4.69, 9.17) is 4.74 Å². The van der Waals surface area contributed by atoms with E-state index in [0.29, 0.717) is 0 Å². The van der Waals surface area contributed by atoms with E-state index in [2.05, 4.69) is 38.3 Å². The molecule has 0 bridgehead atoms. The van der Waals surface area contributed by atoms with Crippen molar-refractivity contribution in [1.82, 2.24) is 10.6 Å². The van der Waals surface area contributed by atoms with Gasteiger partial charge in [-0.25, -0.2) is 0 Å². The summed E-state index contributed by atoms with van der Waals surface area (Å²) in [5.74, 6) is 0. The van der Waals surface area contributed by atoms with E-state index >= 15 is 0 Å². The fraction of sp³-hybridized carbons (Fsp3) is 1.00. The molecule has 1 heterocycles. The highest BCUT2D eigenvalue weighted by molar-refractivity contribution is 4.86. The van der Waals surface area contributed by atoms with Crippen LogP contribution in [0.2, 0.25) is 0 Å². The van der Waals surface area contributed by atoms with Gasteiger partial charge in [-0.15, -0.1) is 0 Å². The molecule has 1 unspecified atom stereocenters. The Kier molecular flexibility index (Phi) is 4.56. The predicted molar refractivity (Wildman–Crippen MR) is 64.2 cm³/mol. The topological polar surface area (TPSA) is 33.3 Å². The molecule has 1 rings (SSSR count). The van der Waals surface area contributed by atoms with Crippen molar-refractivity contribution in [3.05, 3.63) is 0 Å². The first-order chi connectivity index (χ1) is 6.91. The number of hydrogen-bond donors (Lipinski definition) is 2. The Labute approximate surface area is 94.0 Å². The molecule has 1 aliphatic rings. The molecule has 2 N–H and O–H groups in total. The van der Waals surface area contributed by atoms with Crippen LogP contribution >= 0.6 is 0 Å². The first kappa shape index (κ1) is 12.9. The first-order valence-electron chi connectivity index (χ1n) is 5.99. The lowest BCUT2D eigenvalue weighted by Gasteiger charge is -2.25. The average molecular weight is 214 g/mol. The van der Waals surface area contributed by atoms with Gasteiger partial charge in [-0.05, 0) is 53.6 Å². The fourth-order valence-corrected chi connectivity index (χ4v) is 1.75. The third-order valence-corrected chi connectivity index (χ3v) is 2.78. The van der Waals surface area contributed by atoms with Gasteiger partial charge >= 0.3 is 0 Å². The predicted octanol–water partition coefficient (Wildman–Crippen LogP) is 1.53. The molecule has 0 radical (unpaired) electrons. The van der Waals surface area contributed by atoms with E-state index in [0.717, 1.165) is 32.7 Å². The van der Waals surface area contributed by atoms with Gasteiger partial charge in [0.05, 0.1) is 6.61 Å². The molecule has 1 aliphatic heterocycles. The van der Waals surface area contributed by atoms with Crippen LogP contribution in [0.1, 0.15) is 40.5 Å². The summed E-state index contributed by atoms with van der Waals surface area (Å²) in [5.41, 5.74) is 0.460. The van der Waals surface area contributed by atoms with Crippen LogP contribution in [0.25, 0.3) is 0 Å². The van der Waals surface area contributed by atoms with Gasteiger partial charge in [0.2, 0.25) is 0 Å². The molecule has 0 saturated carbocycles. The van der Waals surface area contributed by atoms with Crippen LogP contribution in [0, 0.1) is 0 Å². The maximum atomic E-state index is 5.39. The van der Waals surface area contributed by atoms with Crippen LogP contribution in [0.4, 0.5) is 0 Å². The third kappa shape index (κ3) is 5.50. The van der Waals surface area contributed by atoms with Crippen molar-refractivity contribution in [2.45, 2.75) is 51.6 Å². The van der Waals surface area contributed by atoms with Gasteiger partial charge in [-0.1, -0.05) is 0 Å². The van der Waals surface area contributed by atoms with Crippen molar-refractivity contribution >= 4 is 0 Å². The maximum absolute atomic E-state index is 5.39. The molecule has 15 heavy (non-hydrogen) atoms. The second kappa shape index (κ2) is 5.28. The quantitative estimate of drug-likeness (QED) is 0.681. The van der Waals surface area contributed by atoms with Gasteiger partial charge in [-0.2, -0.15) is 0 Å². The summed E-state index contributed by atoms with van der Waals surface area (Å²) in [6, 6.07) is 0. The average Bonchev–Trinajstić information content (AvgIpc) is 2.50. The molecule has 0 amide bonds. The molecule has 0 aromatic carbocycles. The summed E-state index contributed by atoms with van der Waals surface area (Å²) in [6.45, 7) is 12.8. The molecule has 0 aromatic heterocycles. The van der Waals surface area contributed by atoms with Crippen molar-refractivity contribution < 1.29 is 4.74 Å². The van der Waals surface area contributed by atoms with Crippen LogP contribution in [0.15, 0.2) is 0 Å². The van der Waals surface area contributed by atoms with Crippen molar-refractivity contribution in [1.29, 1.82) is 0 Å². The number of nitrogens with one attached hydrogen (secondary N) is 2. The van der Waals surface area contributed by atoms with Crippen molar-refractivity contribution in [3.8, 4) is 0 Å². The van der Waals surface area contributed by atoms with Gasteiger partial charge in [0.15, 0.2) is 0 Å². The molecule has 0 spiro atoms. The molecular formula is C12H26N2O. The molecule has 1 atom stereocenters. The van der Waals surface area contributed by atoms with E-state index in [9.17, 15) is 0 Å². The molecule has 3 heteroatoms. The lowest BCUT2D eigenvalue weighted by atomic mass is 10.0. The summed E-state index contributed by atoms with van der Waals surface area (Å²) in [4.78, 5) is 0. The van der Waals surface area contributed by atoms with Gasteiger partial charge in [0, 0.05) is 17.7 Å². The highest BCUT2D eigenvalue weighted by Crippen LogP contribution is 2.16. The molecule has 3 nitrogen and oxygen atoms in total. The van der Waals surface area contributed by atoms with Crippen LogP contribution in [-0.4, -0.2) is 37.4 Å². The normalized spacial score (nSPS) is 27.2. The molecular weight excluding hydrogens is 188 g/mol. The van der Waals surface area contributed by atoms with Gasteiger partial charge in [0.25, 0.3) is 0 Å². The largest absolute Gasteiger partial charge is 0.379 e.